The van der Waals surface area contributed by atoms with Gasteiger partial charge in [0, 0.05) is 19.3 Å². The van der Waals surface area contributed by atoms with Crippen LogP contribution in [0, 0.1) is 0 Å². The van der Waals surface area contributed by atoms with Crippen molar-refractivity contribution in [2.24, 2.45) is 0 Å². The predicted molar refractivity (Wildman–Crippen MR) is 84.1 cm³/mol. The molecule has 7 heteroatoms. The van der Waals surface area contributed by atoms with E-state index >= 15 is 0 Å². The summed E-state index contributed by atoms with van der Waals surface area (Å²) >= 11 is 0. The molecule has 1 aliphatic heterocycles. The first kappa shape index (κ1) is 16.5. The van der Waals surface area contributed by atoms with Gasteiger partial charge in [-0.3, -0.25) is 4.79 Å². The van der Waals surface area contributed by atoms with Crippen LogP contribution in [0.3, 0.4) is 0 Å². The Morgan fingerprint density at radius 2 is 1.74 bits per heavy atom. The third-order valence-electron chi connectivity index (χ3n) is 4.57. The fraction of sp³-hybridized carbons (Fsp3) is 0.688. The lowest BCUT2D eigenvalue weighted by atomic mass is 10.1. The monoisotopic (exact) mass is 341 g/mol. The molecule has 0 spiro atoms. The Kier molecular flexibility index (Phi) is 4.77. The molecule has 1 saturated heterocycles. The highest BCUT2D eigenvalue weighted by Gasteiger charge is 2.28. The second-order valence-electron chi connectivity index (χ2n) is 6.42. The van der Waals surface area contributed by atoms with Gasteiger partial charge in [-0.1, -0.05) is 12.8 Å². The number of likely N-dealkylation sites (tertiary alicyclic amines) is 1. The molecule has 0 radical (unpaired) electrons. The van der Waals surface area contributed by atoms with Crippen LogP contribution >= 0.6 is 0 Å². The molecule has 0 aromatic carbocycles. The van der Waals surface area contributed by atoms with Crippen LogP contribution in [0.25, 0.3) is 0 Å². The molecule has 0 atom stereocenters. The maximum Gasteiger partial charge on any atom is 0.289 e. The average molecular weight is 341 g/mol. The molecule has 1 aromatic heterocycles. The van der Waals surface area contributed by atoms with Crippen LogP contribution in [0.1, 0.15) is 49.1 Å². The molecule has 1 aromatic rings. The Balaban J connectivity index is 1.54. The van der Waals surface area contributed by atoms with Crippen molar-refractivity contribution in [3.05, 3.63) is 17.9 Å². The highest BCUT2D eigenvalue weighted by molar-refractivity contribution is 7.90. The number of piperidine rings is 1. The fourth-order valence-electron chi connectivity index (χ4n) is 3.28. The van der Waals surface area contributed by atoms with E-state index in [0.29, 0.717) is 19.2 Å². The van der Waals surface area contributed by atoms with Gasteiger partial charge in [-0.25, -0.2) is 8.42 Å². The molecular formula is C16H23NO5S. The topological polar surface area (TPSA) is 76.8 Å². The van der Waals surface area contributed by atoms with Crippen molar-refractivity contribution in [1.29, 1.82) is 0 Å². The lowest BCUT2D eigenvalue weighted by Gasteiger charge is -2.32. The van der Waals surface area contributed by atoms with Crippen molar-refractivity contribution in [2.45, 2.75) is 55.8 Å². The van der Waals surface area contributed by atoms with Crippen molar-refractivity contribution in [1.82, 2.24) is 4.90 Å². The van der Waals surface area contributed by atoms with Gasteiger partial charge in [0.15, 0.2) is 5.76 Å². The minimum Gasteiger partial charge on any atom is -0.440 e. The third kappa shape index (κ3) is 3.95. The average Bonchev–Trinajstić information content (AvgIpc) is 3.18. The highest BCUT2D eigenvalue weighted by Crippen LogP contribution is 2.26. The summed E-state index contributed by atoms with van der Waals surface area (Å²) in [6.45, 7) is 1.23. The Labute approximate surface area is 136 Å². The molecule has 2 heterocycles. The maximum atomic E-state index is 12.4. The zero-order chi connectivity index (χ0) is 16.4. The summed E-state index contributed by atoms with van der Waals surface area (Å²) in [7, 11) is -3.43. The van der Waals surface area contributed by atoms with Gasteiger partial charge in [0.25, 0.3) is 5.91 Å². The largest absolute Gasteiger partial charge is 0.440 e. The highest BCUT2D eigenvalue weighted by atomic mass is 32.2. The van der Waals surface area contributed by atoms with Gasteiger partial charge >= 0.3 is 0 Å². The Morgan fingerprint density at radius 1 is 1.13 bits per heavy atom. The SMILES string of the molecule is CS(=O)(=O)c1ccc(C(=O)N2CCC(OC3CCCC3)CC2)o1. The quantitative estimate of drug-likeness (QED) is 0.839. The van der Waals surface area contributed by atoms with Gasteiger partial charge in [-0.2, -0.15) is 0 Å². The van der Waals surface area contributed by atoms with E-state index < -0.39 is 9.84 Å². The molecule has 0 N–H and O–H groups in total. The predicted octanol–water partition coefficient (Wildman–Crippen LogP) is 2.25. The normalized spacial score (nSPS) is 21.0. The van der Waals surface area contributed by atoms with E-state index in [2.05, 4.69) is 0 Å². The number of furan rings is 1. The standard InChI is InChI=1S/C16H23NO5S/c1-23(19,20)15-7-6-14(22-15)16(18)17-10-8-13(9-11-17)21-12-4-2-3-5-12/h6-7,12-13H,2-5,8-11H2,1H3. The Morgan fingerprint density at radius 3 is 2.30 bits per heavy atom. The van der Waals surface area contributed by atoms with E-state index in [1.54, 1.807) is 4.90 Å². The molecule has 1 amide bonds. The van der Waals surface area contributed by atoms with Gasteiger partial charge < -0.3 is 14.1 Å². The van der Waals surface area contributed by atoms with Gasteiger partial charge in [0.05, 0.1) is 12.2 Å². The summed E-state index contributed by atoms with van der Waals surface area (Å²) in [6.07, 6.45) is 8.14. The second-order valence-corrected chi connectivity index (χ2v) is 8.37. The van der Waals surface area contributed by atoms with Crippen LogP contribution < -0.4 is 0 Å². The number of sulfone groups is 1. The summed E-state index contributed by atoms with van der Waals surface area (Å²) in [5.74, 6) is -0.167. The minimum atomic E-state index is -3.43. The van der Waals surface area contributed by atoms with Crippen LogP contribution in [0.15, 0.2) is 21.6 Å². The van der Waals surface area contributed by atoms with Gasteiger partial charge in [0.1, 0.15) is 0 Å². The van der Waals surface area contributed by atoms with Crippen LogP contribution in [-0.4, -0.2) is 50.8 Å². The zero-order valence-electron chi connectivity index (χ0n) is 13.4. The van der Waals surface area contributed by atoms with Gasteiger partial charge in [-0.05, 0) is 37.8 Å². The van der Waals surface area contributed by atoms with Crippen molar-refractivity contribution in [3.63, 3.8) is 0 Å². The molecule has 6 nitrogen and oxygen atoms in total. The van der Waals surface area contributed by atoms with Crippen LogP contribution in [-0.2, 0) is 14.6 Å². The molecule has 2 aliphatic rings. The van der Waals surface area contributed by atoms with Gasteiger partial charge in [-0.15, -0.1) is 0 Å². The molecule has 23 heavy (non-hydrogen) atoms. The van der Waals surface area contributed by atoms with Crippen molar-refractivity contribution >= 4 is 15.7 Å². The number of rotatable bonds is 4. The first-order chi connectivity index (χ1) is 10.9. The summed E-state index contributed by atoms with van der Waals surface area (Å²) < 4.78 is 34.1. The summed E-state index contributed by atoms with van der Waals surface area (Å²) in [5, 5.41) is -0.166. The minimum absolute atomic E-state index is 0.0839. The van der Waals surface area contributed by atoms with E-state index in [-0.39, 0.29) is 22.9 Å². The molecule has 0 unspecified atom stereocenters. The zero-order valence-corrected chi connectivity index (χ0v) is 14.2. The summed E-state index contributed by atoms with van der Waals surface area (Å²) in [6, 6.07) is 2.76. The molecule has 2 fully saturated rings. The van der Waals surface area contributed by atoms with Crippen LogP contribution in [0.4, 0.5) is 0 Å². The van der Waals surface area contributed by atoms with E-state index in [4.69, 9.17) is 9.15 Å². The van der Waals surface area contributed by atoms with Crippen LogP contribution in [0.2, 0.25) is 0 Å². The smallest absolute Gasteiger partial charge is 0.289 e. The number of amides is 1. The first-order valence-electron chi connectivity index (χ1n) is 8.18. The summed E-state index contributed by atoms with van der Waals surface area (Å²) in [4.78, 5) is 14.1. The van der Waals surface area contributed by atoms with Crippen molar-refractivity contribution in [3.8, 4) is 0 Å². The molecular weight excluding hydrogens is 318 g/mol. The summed E-state index contributed by atoms with van der Waals surface area (Å²) in [5.41, 5.74) is 0. The Hall–Kier alpha value is -1.34. The number of nitrogens with zero attached hydrogens (tertiary/aromatic N) is 1. The van der Waals surface area contributed by atoms with Crippen molar-refractivity contribution < 1.29 is 22.4 Å². The lowest BCUT2D eigenvalue weighted by molar-refractivity contribution is -0.0361. The molecule has 0 bridgehead atoms. The second kappa shape index (κ2) is 6.65. The van der Waals surface area contributed by atoms with E-state index in [1.807, 2.05) is 0 Å². The number of ether oxygens (including phenoxy) is 1. The van der Waals surface area contributed by atoms with Gasteiger partial charge in [0.2, 0.25) is 14.9 Å². The molecule has 3 rings (SSSR count). The van der Waals surface area contributed by atoms with E-state index in [0.717, 1.165) is 31.9 Å². The van der Waals surface area contributed by atoms with Crippen LogP contribution in [0.5, 0.6) is 0 Å². The maximum absolute atomic E-state index is 12.4. The number of hydrogen-bond acceptors (Lipinski definition) is 5. The molecule has 1 aliphatic carbocycles. The molecule has 128 valence electrons. The van der Waals surface area contributed by atoms with E-state index in [9.17, 15) is 13.2 Å². The lowest BCUT2D eigenvalue weighted by Crippen LogP contribution is -2.41. The fourth-order valence-corrected chi connectivity index (χ4v) is 3.84. The molecule has 1 saturated carbocycles. The van der Waals surface area contributed by atoms with Crippen molar-refractivity contribution in [2.75, 3.05) is 19.3 Å². The number of carbonyl (C=O) groups excluding carboxylic acids is 1. The number of carbonyl (C=O) groups is 1. The van der Waals surface area contributed by atoms with E-state index in [1.165, 1.54) is 25.0 Å². The third-order valence-corrected chi connectivity index (χ3v) is 5.52. The first-order valence-corrected chi connectivity index (χ1v) is 10.1. The Bertz CT molecular complexity index is 652. The number of hydrogen-bond donors (Lipinski definition) is 0.